The maximum Gasteiger partial charge on any atom is 0.328 e. The zero-order chi connectivity index (χ0) is 10.4. The molecule has 0 saturated carbocycles. The lowest BCUT2D eigenvalue weighted by molar-refractivity contribution is -0.154. The summed E-state index contributed by atoms with van der Waals surface area (Å²) in [7, 11) is 1.40. The quantitative estimate of drug-likeness (QED) is 0.528. The molecule has 1 heterocycles. The van der Waals surface area contributed by atoms with Crippen molar-refractivity contribution in [3.05, 3.63) is 12.7 Å². The van der Waals surface area contributed by atoms with Gasteiger partial charge in [-0.15, -0.1) is 6.58 Å². The first-order valence-electron chi connectivity index (χ1n) is 4.77. The van der Waals surface area contributed by atoms with Gasteiger partial charge >= 0.3 is 5.97 Å². The van der Waals surface area contributed by atoms with Crippen LogP contribution < -0.4 is 5.32 Å². The van der Waals surface area contributed by atoms with Crippen LogP contribution in [0.5, 0.6) is 0 Å². The molecule has 0 aromatic heterocycles. The highest BCUT2D eigenvalue weighted by atomic mass is 16.5. The maximum absolute atomic E-state index is 11.6. The van der Waals surface area contributed by atoms with Crippen LogP contribution in [-0.4, -0.2) is 38.4 Å². The zero-order valence-corrected chi connectivity index (χ0v) is 8.54. The van der Waals surface area contributed by atoms with E-state index in [9.17, 15) is 4.79 Å². The molecule has 1 aliphatic heterocycles. The molecule has 1 rings (SSSR count). The number of nitrogens with one attached hydrogen (secondary N) is 1. The van der Waals surface area contributed by atoms with Gasteiger partial charge < -0.3 is 9.47 Å². The highest BCUT2D eigenvalue weighted by Gasteiger charge is 2.40. The average Bonchev–Trinajstić information content (AvgIpc) is 2.26. The van der Waals surface area contributed by atoms with Gasteiger partial charge in [0.15, 0.2) is 0 Å². The zero-order valence-electron chi connectivity index (χ0n) is 8.54. The lowest BCUT2D eigenvalue weighted by Crippen LogP contribution is -2.58. The molecule has 1 atom stereocenters. The third kappa shape index (κ3) is 2.33. The summed E-state index contributed by atoms with van der Waals surface area (Å²) >= 11 is 0. The predicted molar refractivity (Wildman–Crippen MR) is 53.0 cm³/mol. The molecule has 0 amide bonds. The van der Waals surface area contributed by atoms with Crippen LogP contribution in [0.2, 0.25) is 0 Å². The van der Waals surface area contributed by atoms with Crippen LogP contribution in [0.4, 0.5) is 0 Å². The van der Waals surface area contributed by atoms with E-state index in [1.54, 1.807) is 6.08 Å². The predicted octanol–water partition coefficient (Wildman–Crippen LogP) is 0.484. The van der Waals surface area contributed by atoms with Crippen molar-refractivity contribution in [2.45, 2.75) is 18.4 Å². The van der Waals surface area contributed by atoms with Crippen molar-refractivity contribution in [3.8, 4) is 0 Å². The fourth-order valence-corrected chi connectivity index (χ4v) is 1.63. The van der Waals surface area contributed by atoms with E-state index in [4.69, 9.17) is 9.47 Å². The van der Waals surface area contributed by atoms with Crippen LogP contribution in [0.15, 0.2) is 12.7 Å². The van der Waals surface area contributed by atoms with Gasteiger partial charge in [-0.3, -0.25) is 5.32 Å². The lowest BCUT2D eigenvalue weighted by atomic mass is 9.92. The number of methoxy groups -OCH3 is 1. The van der Waals surface area contributed by atoms with Gasteiger partial charge in [0.05, 0.1) is 13.7 Å². The van der Waals surface area contributed by atoms with Crippen LogP contribution in [0.1, 0.15) is 12.8 Å². The van der Waals surface area contributed by atoms with Crippen LogP contribution in [-0.2, 0) is 14.3 Å². The van der Waals surface area contributed by atoms with Crippen molar-refractivity contribution in [3.63, 3.8) is 0 Å². The Balaban J connectivity index is 2.66. The normalized spacial score (nSPS) is 26.9. The van der Waals surface area contributed by atoms with Crippen molar-refractivity contribution in [2.24, 2.45) is 0 Å². The molecule has 1 saturated heterocycles. The van der Waals surface area contributed by atoms with Crippen molar-refractivity contribution in [1.82, 2.24) is 5.32 Å². The van der Waals surface area contributed by atoms with Crippen molar-refractivity contribution >= 4 is 5.97 Å². The Morgan fingerprint density at radius 3 is 3.07 bits per heavy atom. The molecule has 1 unspecified atom stereocenters. The van der Waals surface area contributed by atoms with Gasteiger partial charge in [0.2, 0.25) is 0 Å². The second-order valence-corrected chi connectivity index (χ2v) is 3.40. The highest BCUT2D eigenvalue weighted by Crippen LogP contribution is 2.20. The van der Waals surface area contributed by atoms with Crippen LogP contribution in [0.3, 0.4) is 0 Å². The summed E-state index contributed by atoms with van der Waals surface area (Å²) in [5.41, 5.74) is -0.665. The Morgan fingerprint density at radius 1 is 1.79 bits per heavy atom. The first kappa shape index (κ1) is 11.2. The molecular formula is C10H17NO3. The van der Waals surface area contributed by atoms with Gasteiger partial charge in [-0.2, -0.15) is 0 Å². The van der Waals surface area contributed by atoms with Gasteiger partial charge in [-0.1, -0.05) is 6.08 Å². The molecule has 0 aromatic rings. The van der Waals surface area contributed by atoms with Crippen molar-refractivity contribution in [1.29, 1.82) is 0 Å². The summed E-state index contributed by atoms with van der Waals surface area (Å²) in [4.78, 5) is 11.6. The topological polar surface area (TPSA) is 47.6 Å². The summed E-state index contributed by atoms with van der Waals surface area (Å²) in [6, 6.07) is 0. The van der Waals surface area contributed by atoms with Gasteiger partial charge in [0.1, 0.15) is 5.54 Å². The van der Waals surface area contributed by atoms with Gasteiger partial charge in [-0.05, 0) is 12.8 Å². The number of carbonyl (C=O) groups excluding carboxylic acids is 1. The van der Waals surface area contributed by atoms with Gasteiger partial charge in [-0.25, -0.2) is 4.79 Å². The van der Waals surface area contributed by atoms with E-state index in [2.05, 4.69) is 11.9 Å². The smallest absolute Gasteiger partial charge is 0.328 e. The number of esters is 1. The molecule has 0 aromatic carbocycles. The minimum atomic E-state index is -0.665. The Kier molecular flexibility index (Phi) is 4.10. The van der Waals surface area contributed by atoms with E-state index in [-0.39, 0.29) is 5.97 Å². The molecule has 0 spiro atoms. The van der Waals surface area contributed by atoms with E-state index in [0.717, 1.165) is 12.8 Å². The number of hydrogen-bond donors (Lipinski definition) is 1. The van der Waals surface area contributed by atoms with Crippen molar-refractivity contribution in [2.75, 3.05) is 26.9 Å². The molecule has 14 heavy (non-hydrogen) atoms. The van der Waals surface area contributed by atoms with E-state index in [1.165, 1.54) is 7.11 Å². The second kappa shape index (κ2) is 5.12. The van der Waals surface area contributed by atoms with E-state index >= 15 is 0 Å². The number of hydrogen-bond acceptors (Lipinski definition) is 4. The van der Waals surface area contributed by atoms with Crippen LogP contribution >= 0.6 is 0 Å². The molecule has 4 heteroatoms. The second-order valence-electron chi connectivity index (χ2n) is 3.40. The summed E-state index contributed by atoms with van der Waals surface area (Å²) in [5.74, 6) is -0.251. The lowest BCUT2D eigenvalue weighted by Gasteiger charge is -2.34. The van der Waals surface area contributed by atoms with Crippen LogP contribution in [0, 0.1) is 0 Å². The molecule has 1 N–H and O–H groups in total. The Hall–Kier alpha value is -0.870. The third-order valence-corrected chi connectivity index (χ3v) is 2.40. The van der Waals surface area contributed by atoms with E-state index in [1.807, 2.05) is 0 Å². The SMILES string of the molecule is C=CCNC1(C(=O)OC)CCCOC1. The van der Waals surface area contributed by atoms with Gasteiger partial charge in [0, 0.05) is 13.2 Å². The minimum Gasteiger partial charge on any atom is -0.468 e. The number of rotatable bonds is 4. The molecule has 1 fully saturated rings. The number of ether oxygens (including phenoxy) is 2. The Bertz CT molecular complexity index is 209. The molecule has 1 aliphatic rings. The summed E-state index contributed by atoms with van der Waals surface area (Å²) in [6.07, 6.45) is 3.35. The molecular weight excluding hydrogens is 182 g/mol. The minimum absolute atomic E-state index is 0.251. The standard InChI is InChI=1S/C10H17NO3/c1-3-6-11-10(9(12)13-2)5-4-7-14-8-10/h3,11H,1,4-8H2,2H3. The summed E-state index contributed by atoms with van der Waals surface area (Å²) < 4.78 is 10.1. The monoisotopic (exact) mass is 199 g/mol. The molecule has 4 nitrogen and oxygen atoms in total. The molecule has 0 aliphatic carbocycles. The highest BCUT2D eigenvalue weighted by molar-refractivity contribution is 5.81. The summed E-state index contributed by atoms with van der Waals surface area (Å²) in [6.45, 7) is 5.29. The Labute approximate surface area is 84.3 Å². The van der Waals surface area contributed by atoms with Crippen LogP contribution in [0.25, 0.3) is 0 Å². The largest absolute Gasteiger partial charge is 0.468 e. The number of carbonyl (C=O) groups is 1. The Morgan fingerprint density at radius 2 is 2.57 bits per heavy atom. The molecule has 80 valence electrons. The average molecular weight is 199 g/mol. The van der Waals surface area contributed by atoms with E-state index in [0.29, 0.717) is 19.8 Å². The molecule has 0 bridgehead atoms. The maximum atomic E-state index is 11.6. The fraction of sp³-hybridized carbons (Fsp3) is 0.700. The van der Waals surface area contributed by atoms with Gasteiger partial charge in [0.25, 0.3) is 0 Å². The first-order valence-corrected chi connectivity index (χ1v) is 4.77. The fourth-order valence-electron chi connectivity index (χ4n) is 1.63. The first-order chi connectivity index (χ1) is 6.75. The summed E-state index contributed by atoms with van der Waals surface area (Å²) in [5, 5.41) is 3.12. The van der Waals surface area contributed by atoms with Crippen molar-refractivity contribution < 1.29 is 14.3 Å². The molecule has 0 radical (unpaired) electrons. The third-order valence-electron chi connectivity index (χ3n) is 2.40. The van der Waals surface area contributed by atoms with E-state index < -0.39 is 5.54 Å².